The largest absolute Gasteiger partial charge is 0.465 e. The number of carboxylic acid groups (broad SMARTS) is 1. The molecule has 0 saturated carbocycles. The topological polar surface area (TPSA) is 84.9 Å². The van der Waals surface area contributed by atoms with Gasteiger partial charge in [-0.05, 0) is 54.3 Å². The fraction of sp³-hybridized carbons (Fsp3) is 0.357. The Balaban J connectivity index is 1.23. The highest BCUT2D eigenvalue weighted by molar-refractivity contribution is 6.08. The number of benzene rings is 3. The van der Waals surface area contributed by atoms with Gasteiger partial charge in [0.1, 0.15) is 5.54 Å². The van der Waals surface area contributed by atoms with Gasteiger partial charge in [-0.1, -0.05) is 54.6 Å². The first kappa shape index (κ1) is 22.1. The van der Waals surface area contributed by atoms with Crippen LogP contribution in [0.1, 0.15) is 35.6 Å². The monoisotopic (exact) mass is 470 g/mol. The van der Waals surface area contributed by atoms with Crippen LogP contribution in [0.2, 0.25) is 0 Å². The van der Waals surface area contributed by atoms with E-state index in [1.807, 2.05) is 29.2 Å². The number of amides is 2. The number of hydrogen-bond donors (Lipinski definition) is 3. The van der Waals surface area contributed by atoms with Crippen LogP contribution in [0.4, 0.5) is 10.5 Å². The zero-order valence-electron chi connectivity index (χ0n) is 19.8. The van der Waals surface area contributed by atoms with Gasteiger partial charge < -0.3 is 20.6 Å². The van der Waals surface area contributed by atoms with Crippen molar-refractivity contribution in [2.24, 2.45) is 0 Å². The number of nitrogens with one attached hydrogen (secondary N) is 2. The maximum atomic E-state index is 13.9. The van der Waals surface area contributed by atoms with Crippen molar-refractivity contribution in [1.29, 1.82) is 0 Å². The molecule has 1 aliphatic carbocycles. The van der Waals surface area contributed by atoms with Crippen LogP contribution in [-0.2, 0) is 16.8 Å². The molecule has 2 atom stereocenters. The van der Waals surface area contributed by atoms with Crippen molar-refractivity contribution in [2.75, 3.05) is 31.6 Å². The summed E-state index contributed by atoms with van der Waals surface area (Å²) in [6.07, 6.45) is 1.67. The molecule has 2 aliphatic heterocycles. The van der Waals surface area contributed by atoms with Gasteiger partial charge in [0.25, 0.3) is 5.91 Å². The summed E-state index contributed by atoms with van der Waals surface area (Å²) in [5, 5.41) is 17.5. The molecule has 3 aromatic rings. The fourth-order valence-electron chi connectivity index (χ4n) is 6.54. The molecule has 2 amide bonds. The van der Waals surface area contributed by atoms with E-state index < -0.39 is 11.6 Å². The van der Waals surface area contributed by atoms with E-state index in [0.717, 1.165) is 43.6 Å². The van der Waals surface area contributed by atoms with Gasteiger partial charge in [-0.2, -0.15) is 0 Å². The minimum Gasteiger partial charge on any atom is -0.465 e. The smallest absolute Gasteiger partial charge is 0.404 e. The zero-order valence-corrected chi connectivity index (χ0v) is 19.8. The highest BCUT2D eigenvalue weighted by Crippen LogP contribution is 2.44. The molecule has 3 aliphatic rings. The Morgan fingerprint density at radius 2 is 1.80 bits per heavy atom. The first-order valence-electron chi connectivity index (χ1n) is 12.4. The highest BCUT2D eigenvalue weighted by Gasteiger charge is 2.52. The van der Waals surface area contributed by atoms with Crippen LogP contribution in [0, 0.1) is 0 Å². The van der Waals surface area contributed by atoms with Crippen molar-refractivity contribution in [2.45, 2.75) is 36.9 Å². The summed E-state index contributed by atoms with van der Waals surface area (Å²) in [5.74, 6) is -0.0774. The van der Waals surface area contributed by atoms with E-state index in [1.165, 1.54) is 21.9 Å². The van der Waals surface area contributed by atoms with Crippen LogP contribution in [0.15, 0.2) is 60.7 Å². The summed E-state index contributed by atoms with van der Waals surface area (Å²) in [4.78, 5) is 29.6. The van der Waals surface area contributed by atoms with Crippen LogP contribution in [0.5, 0.6) is 0 Å². The standard InChI is InChI=1S/C28H30N4O3/c1-29-28(17-30-27(34)35)22-10-2-3-11-23(22)32(26(28)33)20-12-14-31(15-13-20)24-16-19-8-4-6-18-7-5-9-21(24)25(18)19/h2-11,20,24,29-30H,12-17H2,1H3,(H,34,35). The molecule has 180 valence electrons. The van der Waals surface area contributed by atoms with Gasteiger partial charge >= 0.3 is 6.09 Å². The average molecular weight is 471 g/mol. The molecule has 0 radical (unpaired) electrons. The number of rotatable bonds is 5. The molecule has 7 heteroatoms. The number of nitrogens with zero attached hydrogens (tertiary/aromatic N) is 2. The quantitative estimate of drug-likeness (QED) is 0.530. The Labute approximate surface area is 204 Å². The van der Waals surface area contributed by atoms with Gasteiger partial charge in [0.15, 0.2) is 0 Å². The van der Waals surface area contributed by atoms with Crippen molar-refractivity contribution < 1.29 is 14.7 Å². The Morgan fingerprint density at radius 3 is 2.54 bits per heavy atom. The van der Waals surface area contributed by atoms with Crippen molar-refractivity contribution >= 4 is 28.5 Å². The first-order chi connectivity index (χ1) is 17.0. The third kappa shape index (κ3) is 3.33. The second kappa shape index (κ2) is 8.36. The fourth-order valence-corrected chi connectivity index (χ4v) is 6.54. The van der Waals surface area contributed by atoms with Crippen LogP contribution in [0.25, 0.3) is 10.8 Å². The summed E-state index contributed by atoms with van der Waals surface area (Å²) in [7, 11) is 1.72. The van der Waals surface area contributed by atoms with Gasteiger partial charge in [0.2, 0.25) is 0 Å². The third-order valence-electron chi connectivity index (χ3n) is 8.24. The molecular weight excluding hydrogens is 440 g/mol. The van der Waals surface area contributed by atoms with Crippen molar-refractivity contribution in [1.82, 2.24) is 15.5 Å². The van der Waals surface area contributed by atoms with E-state index in [4.69, 9.17) is 0 Å². The zero-order chi connectivity index (χ0) is 24.2. The van der Waals surface area contributed by atoms with Gasteiger partial charge in [-0.25, -0.2) is 4.79 Å². The van der Waals surface area contributed by atoms with E-state index in [2.05, 4.69) is 51.9 Å². The van der Waals surface area contributed by atoms with Gasteiger partial charge in [0.05, 0.1) is 6.54 Å². The third-order valence-corrected chi connectivity index (χ3v) is 8.24. The number of carbonyl (C=O) groups is 2. The lowest BCUT2D eigenvalue weighted by atomic mass is 9.91. The van der Waals surface area contributed by atoms with Gasteiger partial charge in [-0.15, -0.1) is 0 Å². The van der Waals surface area contributed by atoms with E-state index >= 15 is 0 Å². The number of likely N-dealkylation sites (N-methyl/N-ethyl adjacent to an activating group) is 1. The van der Waals surface area contributed by atoms with Crippen molar-refractivity contribution in [3.63, 3.8) is 0 Å². The van der Waals surface area contributed by atoms with Crippen LogP contribution >= 0.6 is 0 Å². The molecule has 0 bridgehead atoms. The number of likely N-dealkylation sites (tertiary alicyclic amines) is 1. The molecule has 35 heavy (non-hydrogen) atoms. The molecule has 2 unspecified atom stereocenters. The van der Waals surface area contributed by atoms with Crippen molar-refractivity contribution in [3.8, 4) is 0 Å². The Morgan fingerprint density at radius 1 is 1.06 bits per heavy atom. The number of fused-ring (bicyclic) bond motifs is 1. The molecule has 1 fully saturated rings. The summed E-state index contributed by atoms with van der Waals surface area (Å²) < 4.78 is 0. The maximum Gasteiger partial charge on any atom is 0.404 e. The molecule has 6 rings (SSSR count). The Hall–Kier alpha value is -3.42. The minimum atomic E-state index is -1.13. The SMILES string of the molecule is CNC1(CNC(=O)O)C(=O)N(C2CCN(C3Cc4cccc5cccc3c45)CC2)c2ccccc21. The van der Waals surface area contributed by atoms with Crippen molar-refractivity contribution in [3.05, 3.63) is 77.4 Å². The van der Waals surface area contributed by atoms with E-state index in [1.54, 1.807) is 7.05 Å². The highest BCUT2D eigenvalue weighted by atomic mass is 16.4. The van der Waals surface area contributed by atoms with Crippen LogP contribution < -0.4 is 15.5 Å². The molecule has 3 aromatic carbocycles. The lowest BCUT2D eigenvalue weighted by Crippen LogP contribution is -2.58. The van der Waals surface area contributed by atoms with E-state index in [0.29, 0.717) is 6.04 Å². The minimum absolute atomic E-state index is 0.00559. The first-order valence-corrected chi connectivity index (χ1v) is 12.4. The number of para-hydroxylation sites is 1. The number of anilines is 1. The molecule has 7 nitrogen and oxygen atoms in total. The summed E-state index contributed by atoms with van der Waals surface area (Å²) in [6, 6.07) is 21.5. The molecule has 2 heterocycles. The van der Waals surface area contributed by atoms with E-state index in [9.17, 15) is 14.7 Å². The molecule has 0 spiro atoms. The maximum absolute atomic E-state index is 13.9. The predicted molar refractivity (Wildman–Crippen MR) is 136 cm³/mol. The van der Waals surface area contributed by atoms with Gasteiger partial charge in [0, 0.05) is 36.4 Å². The molecule has 0 aromatic heterocycles. The number of hydrogen-bond acceptors (Lipinski definition) is 4. The number of piperidine rings is 1. The lowest BCUT2D eigenvalue weighted by molar-refractivity contribution is -0.124. The summed E-state index contributed by atoms with van der Waals surface area (Å²) in [5.41, 5.74) is 3.48. The molecule has 1 saturated heterocycles. The Kier molecular flexibility index (Phi) is 5.27. The average Bonchev–Trinajstić information content (AvgIpc) is 3.38. The molecule has 3 N–H and O–H groups in total. The Bertz CT molecular complexity index is 1310. The number of carbonyl (C=O) groups excluding carboxylic acids is 1. The second-order valence-corrected chi connectivity index (χ2v) is 9.86. The van der Waals surface area contributed by atoms with Gasteiger partial charge in [-0.3, -0.25) is 9.69 Å². The second-order valence-electron chi connectivity index (χ2n) is 9.86. The van der Waals surface area contributed by atoms with Crippen LogP contribution in [0.3, 0.4) is 0 Å². The predicted octanol–water partition coefficient (Wildman–Crippen LogP) is 3.63. The summed E-state index contributed by atoms with van der Waals surface area (Å²) in [6.45, 7) is 1.84. The summed E-state index contributed by atoms with van der Waals surface area (Å²) >= 11 is 0. The van der Waals surface area contributed by atoms with E-state index in [-0.39, 0.29) is 18.5 Å². The molecular formula is C28H30N4O3. The normalized spacial score (nSPS) is 24.2. The van der Waals surface area contributed by atoms with Crippen LogP contribution in [-0.4, -0.2) is 54.7 Å². The lowest BCUT2D eigenvalue weighted by Gasteiger charge is -2.40.